The maximum atomic E-state index is 11.8. The number of carbonyl (C=O) groups excluding carboxylic acids is 1. The van der Waals surface area contributed by atoms with Gasteiger partial charge in [-0.2, -0.15) is 0 Å². The lowest BCUT2D eigenvalue weighted by Gasteiger charge is -2.12. The monoisotopic (exact) mass is 219 g/mol. The highest BCUT2D eigenvalue weighted by Gasteiger charge is 2.08. The van der Waals surface area contributed by atoms with Crippen LogP contribution in [-0.4, -0.2) is 11.9 Å². The third-order valence-corrected chi connectivity index (χ3v) is 2.72. The molecule has 0 aromatic heterocycles. The summed E-state index contributed by atoms with van der Waals surface area (Å²) < 4.78 is 0. The first-order valence-corrected chi connectivity index (χ1v) is 6.07. The fourth-order valence-electron chi connectivity index (χ4n) is 1.70. The minimum absolute atomic E-state index is 0.0311. The Morgan fingerprint density at radius 3 is 2.38 bits per heavy atom. The fraction of sp³-hybridized carbons (Fsp3) is 0.500. The van der Waals surface area contributed by atoms with Crippen molar-refractivity contribution in [2.24, 2.45) is 0 Å². The molecule has 16 heavy (non-hydrogen) atoms. The summed E-state index contributed by atoms with van der Waals surface area (Å²) in [4.78, 5) is 11.8. The average molecular weight is 219 g/mol. The lowest BCUT2D eigenvalue weighted by Crippen LogP contribution is -2.32. The molecule has 88 valence electrons. The zero-order valence-corrected chi connectivity index (χ0v) is 10.4. The van der Waals surface area contributed by atoms with Gasteiger partial charge in [0.05, 0.1) is 0 Å². The van der Waals surface area contributed by atoms with E-state index in [0.29, 0.717) is 0 Å². The van der Waals surface area contributed by atoms with Crippen LogP contribution in [0, 0.1) is 0 Å². The Balaban J connectivity index is 2.59. The highest BCUT2D eigenvalue weighted by atomic mass is 16.1. The number of carbonyl (C=O) groups is 1. The van der Waals surface area contributed by atoms with Gasteiger partial charge in [-0.15, -0.1) is 0 Å². The van der Waals surface area contributed by atoms with Crippen LogP contribution >= 0.6 is 0 Å². The van der Waals surface area contributed by atoms with Crippen molar-refractivity contribution in [3.63, 3.8) is 0 Å². The molecule has 0 aliphatic carbocycles. The Labute approximate surface area is 98.1 Å². The Morgan fingerprint density at radius 2 is 1.88 bits per heavy atom. The quantitative estimate of drug-likeness (QED) is 0.809. The van der Waals surface area contributed by atoms with Crippen LogP contribution in [-0.2, 0) is 6.42 Å². The molecule has 1 atom stereocenters. The minimum Gasteiger partial charge on any atom is -0.350 e. The summed E-state index contributed by atoms with van der Waals surface area (Å²) in [6.07, 6.45) is 3.13. The fourth-order valence-corrected chi connectivity index (χ4v) is 1.70. The van der Waals surface area contributed by atoms with Crippen molar-refractivity contribution in [2.75, 3.05) is 0 Å². The second-order valence-electron chi connectivity index (χ2n) is 4.21. The van der Waals surface area contributed by atoms with Crippen molar-refractivity contribution >= 4 is 5.91 Å². The van der Waals surface area contributed by atoms with Gasteiger partial charge < -0.3 is 5.32 Å². The van der Waals surface area contributed by atoms with Gasteiger partial charge in [-0.3, -0.25) is 4.79 Å². The molecule has 0 saturated heterocycles. The van der Waals surface area contributed by atoms with Crippen LogP contribution in [0.4, 0.5) is 0 Å². The second-order valence-corrected chi connectivity index (χ2v) is 4.21. The Hall–Kier alpha value is -1.31. The third kappa shape index (κ3) is 3.69. The van der Waals surface area contributed by atoms with E-state index in [9.17, 15) is 4.79 Å². The molecule has 0 radical (unpaired) electrons. The summed E-state index contributed by atoms with van der Waals surface area (Å²) in [5.41, 5.74) is 2.01. The van der Waals surface area contributed by atoms with Crippen molar-refractivity contribution in [1.82, 2.24) is 5.32 Å². The van der Waals surface area contributed by atoms with Crippen molar-refractivity contribution in [1.29, 1.82) is 0 Å². The van der Waals surface area contributed by atoms with Crippen LogP contribution in [0.3, 0.4) is 0 Å². The van der Waals surface area contributed by atoms with Crippen LogP contribution in [0.5, 0.6) is 0 Å². The van der Waals surface area contributed by atoms with E-state index >= 15 is 0 Å². The van der Waals surface area contributed by atoms with Gasteiger partial charge in [0, 0.05) is 11.6 Å². The van der Waals surface area contributed by atoms with E-state index in [-0.39, 0.29) is 11.9 Å². The zero-order chi connectivity index (χ0) is 12.0. The van der Waals surface area contributed by atoms with Crippen LogP contribution < -0.4 is 5.32 Å². The second kappa shape index (κ2) is 6.31. The smallest absolute Gasteiger partial charge is 0.251 e. The molecule has 1 aromatic rings. The summed E-state index contributed by atoms with van der Waals surface area (Å²) in [6.45, 7) is 6.28. The standard InChI is InChI=1S/C14H21NO/c1-4-6-11(3)15-14(16)13-9-7-12(5-2)8-10-13/h7-11H,4-6H2,1-3H3,(H,15,16)/t11-/m0/s1. The number of aryl methyl sites for hydroxylation is 1. The summed E-state index contributed by atoms with van der Waals surface area (Å²) in [5.74, 6) is 0.0311. The molecule has 1 aromatic carbocycles. The van der Waals surface area contributed by atoms with E-state index in [4.69, 9.17) is 0 Å². The van der Waals surface area contributed by atoms with Crippen molar-refractivity contribution in [3.8, 4) is 0 Å². The van der Waals surface area contributed by atoms with Crippen LogP contribution in [0.25, 0.3) is 0 Å². The molecule has 0 saturated carbocycles. The number of nitrogens with one attached hydrogen (secondary N) is 1. The predicted molar refractivity (Wildman–Crippen MR) is 67.7 cm³/mol. The summed E-state index contributed by atoms with van der Waals surface area (Å²) >= 11 is 0. The van der Waals surface area contributed by atoms with Gasteiger partial charge in [-0.05, 0) is 37.5 Å². The molecule has 1 rings (SSSR count). The molecule has 1 amide bonds. The average Bonchev–Trinajstić information content (AvgIpc) is 2.29. The maximum Gasteiger partial charge on any atom is 0.251 e. The molecule has 2 nitrogen and oxygen atoms in total. The van der Waals surface area contributed by atoms with Crippen LogP contribution in [0.2, 0.25) is 0 Å². The minimum atomic E-state index is 0.0311. The topological polar surface area (TPSA) is 29.1 Å². The molecule has 1 N–H and O–H groups in total. The number of hydrogen-bond acceptors (Lipinski definition) is 1. The van der Waals surface area contributed by atoms with Crippen molar-refractivity contribution in [2.45, 2.75) is 46.1 Å². The van der Waals surface area contributed by atoms with Crippen LogP contribution in [0.15, 0.2) is 24.3 Å². The number of rotatable bonds is 5. The summed E-state index contributed by atoms with van der Waals surface area (Å²) in [5, 5.41) is 3.00. The number of amides is 1. The van der Waals surface area contributed by atoms with Crippen molar-refractivity contribution in [3.05, 3.63) is 35.4 Å². The Kier molecular flexibility index (Phi) is 5.03. The highest BCUT2D eigenvalue weighted by Crippen LogP contribution is 2.06. The number of benzene rings is 1. The van der Waals surface area contributed by atoms with Gasteiger partial charge in [0.2, 0.25) is 0 Å². The first-order chi connectivity index (χ1) is 7.67. The summed E-state index contributed by atoms with van der Waals surface area (Å²) in [7, 11) is 0. The number of hydrogen-bond donors (Lipinski definition) is 1. The van der Waals surface area contributed by atoms with E-state index in [0.717, 1.165) is 24.8 Å². The molecular weight excluding hydrogens is 198 g/mol. The van der Waals surface area contributed by atoms with E-state index in [2.05, 4.69) is 19.2 Å². The molecule has 0 spiro atoms. The van der Waals surface area contributed by atoms with Gasteiger partial charge >= 0.3 is 0 Å². The Morgan fingerprint density at radius 1 is 1.25 bits per heavy atom. The van der Waals surface area contributed by atoms with Gasteiger partial charge in [-0.25, -0.2) is 0 Å². The first-order valence-electron chi connectivity index (χ1n) is 6.07. The van der Waals surface area contributed by atoms with Crippen molar-refractivity contribution < 1.29 is 4.79 Å². The third-order valence-electron chi connectivity index (χ3n) is 2.72. The molecule has 0 aliphatic rings. The van der Waals surface area contributed by atoms with Gasteiger partial charge in [0.15, 0.2) is 0 Å². The molecule has 0 heterocycles. The maximum absolute atomic E-state index is 11.8. The highest BCUT2D eigenvalue weighted by molar-refractivity contribution is 5.94. The van der Waals surface area contributed by atoms with Gasteiger partial charge in [0.1, 0.15) is 0 Å². The molecular formula is C14H21NO. The zero-order valence-electron chi connectivity index (χ0n) is 10.4. The molecule has 0 unspecified atom stereocenters. The largest absolute Gasteiger partial charge is 0.350 e. The van der Waals surface area contributed by atoms with Crippen LogP contribution in [0.1, 0.15) is 49.5 Å². The normalized spacial score (nSPS) is 12.2. The van der Waals surface area contributed by atoms with E-state index in [1.807, 2.05) is 31.2 Å². The van der Waals surface area contributed by atoms with E-state index in [1.165, 1.54) is 5.56 Å². The molecule has 0 fully saturated rings. The lowest BCUT2D eigenvalue weighted by atomic mass is 10.1. The van der Waals surface area contributed by atoms with Gasteiger partial charge in [0.25, 0.3) is 5.91 Å². The first kappa shape index (κ1) is 12.8. The SMILES string of the molecule is CCC[C@H](C)NC(=O)c1ccc(CC)cc1. The predicted octanol–water partition coefficient (Wildman–Crippen LogP) is 3.17. The van der Waals surface area contributed by atoms with E-state index < -0.39 is 0 Å². The lowest BCUT2D eigenvalue weighted by molar-refractivity contribution is 0.0938. The van der Waals surface area contributed by atoms with E-state index in [1.54, 1.807) is 0 Å². The Bertz CT molecular complexity index is 329. The molecule has 0 aliphatic heterocycles. The molecule has 2 heteroatoms. The van der Waals surface area contributed by atoms with Gasteiger partial charge in [-0.1, -0.05) is 32.4 Å². The summed E-state index contributed by atoms with van der Waals surface area (Å²) in [6, 6.07) is 8.07. The molecule has 0 bridgehead atoms.